The molecule has 1 aromatic carbocycles. The zero-order valence-corrected chi connectivity index (χ0v) is 12.7. The Hall–Kier alpha value is -1.97. The van der Waals surface area contributed by atoms with Gasteiger partial charge in [0.2, 0.25) is 0 Å². The van der Waals surface area contributed by atoms with E-state index in [4.69, 9.17) is 9.47 Å². The van der Waals surface area contributed by atoms with Crippen molar-refractivity contribution in [2.24, 2.45) is 0 Å². The smallest absolute Gasteiger partial charge is 0.419 e. The number of benzene rings is 1. The molecule has 0 N–H and O–H groups in total. The number of aryl methyl sites for hydroxylation is 1. The van der Waals surface area contributed by atoms with Crippen molar-refractivity contribution in [2.45, 2.75) is 39.7 Å². The normalized spacial score (nSPS) is 11.7. The number of fused-ring (bicyclic) bond motifs is 1. The lowest BCUT2D eigenvalue weighted by Crippen LogP contribution is -2.27. The summed E-state index contributed by atoms with van der Waals surface area (Å²) in [5.74, 6) is 0.763. The second-order valence-electron chi connectivity index (χ2n) is 5.70. The van der Waals surface area contributed by atoms with Crippen molar-refractivity contribution in [1.29, 1.82) is 0 Å². The van der Waals surface area contributed by atoms with Crippen molar-refractivity contribution in [3.8, 4) is 5.75 Å². The van der Waals surface area contributed by atoms with Gasteiger partial charge in [0.05, 0.1) is 12.6 Å². The molecule has 0 bridgehead atoms. The molecule has 0 spiro atoms. The predicted molar refractivity (Wildman–Crippen MR) is 79.5 cm³/mol. The lowest BCUT2D eigenvalue weighted by atomic mass is 10.2. The highest BCUT2D eigenvalue weighted by Gasteiger charge is 2.22. The van der Waals surface area contributed by atoms with Gasteiger partial charge in [-0.1, -0.05) is 13.0 Å². The second-order valence-corrected chi connectivity index (χ2v) is 5.70. The van der Waals surface area contributed by atoms with Crippen LogP contribution < -0.4 is 4.74 Å². The number of ether oxygens (including phenoxy) is 2. The number of carbonyl (C=O) groups is 1. The number of aromatic nitrogens is 1. The van der Waals surface area contributed by atoms with Gasteiger partial charge < -0.3 is 9.47 Å². The Morgan fingerprint density at radius 3 is 2.55 bits per heavy atom. The molecule has 0 unspecified atom stereocenters. The molecular formula is C16H21NO3. The molecular weight excluding hydrogens is 254 g/mol. The van der Waals surface area contributed by atoms with Crippen LogP contribution in [0, 0.1) is 0 Å². The number of rotatable bonds is 2. The fourth-order valence-corrected chi connectivity index (χ4v) is 2.22. The fraction of sp³-hybridized carbons (Fsp3) is 0.438. The summed E-state index contributed by atoms with van der Waals surface area (Å²) >= 11 is 0. The minimum absolute atomic E-state index is 0.349. The average molecular weight is 275 g/mol. The lowest BCUT2D eigenvalue weighted by molar-refractivity contribution is 0.0540. The standard InChI is InChI=1S/C16H21NO3/c1-6-11-10-12-13(8-7-9-14(12)19-5)17(11)15(18)20-16(2,3)4/h7-10H,6H2,1-5H3. The first-order valence-corrected chi connectivity index (χ1v) is 6.78. The molecule has 0 radical (unpaired) electrons. The molecule has 20 heavy (non-hydrogen) atoms. The first-order valence-electron chi connectivity index (χ1n) is 6.78. The van der Waals surface area contributed by atoms with E-state index in [2.05, 4.69) is 0 Å². The van der Waals surface area contributed by atoms with E-state index < -0.39 is 5.60 Å². The van der Waals surface area contributed by atoms with E-state index >= 15 is 0 Å². The minimum atomic E-state index is -0.516. The summed E-state index contributed by atoms with van der Waals surface area (Å²) in [6, 6.07) is 7.65. The van der Waals surface area contributed by atoms with Gasteiger partial charge in [-0.25, -0.2) is 9.36 Å². The molecule has 1 heterocycles. The van der Waals surface area contributed by atoms with E-state index in [0.29, 0.717) is 0 Å². The summed E-state index contributed by atoms with van der Waals surface area (Å²) in [5.41, 5.74) is 1.21. The third-order valence-electron chi connectivity index (χ3n) is 3.04. The minimum Gasteiger partial charge on any atom is -0.496 e. The van der Waals surface area contributed by atoms with E-state index in [1.807, 2.05) is 52.0 Å². The summed E-state index contributed by atoms with van der Waals surface area (Å²) in [7, 11) is 1.63. The molecule has 0 fully saturated rings. The van der Waals surface area contributed by atoms with Crippen LogP contribution in [0.3, 0.4) is 0 Å². The van der Waals surface area contributed by atoms with Crippen molar-refractivity contribution in [3.05, 3.63) is 30.0 Å². The van der Waals surface area contributed by atoms with E-state index in [-0.39, 0.29) is 6.09 Å². The van der Waals surface area contributed by atoms with Crippen LogP contribution in [0.25, 0.3) is 10.9 Å². The maximum Gasteiger partial charge on any atom is 0.419 e. The summed E-state index contributed by atoms with van der Waals surface area (Å²) in [4.78, 5) is 12.4. The molecule has 0 aliphatic carbocycles. The van der Waals surface area contributed by atoms with Crippen molar-refractivity contribution >= 4 is 17.0 Å². The Morgan fingerprint density at radius 2 is 2.00 bits per heavy atom. The molecule has 1 aromatic heterocycles. The molecule has 0 atom stereocenters. The highest BCUT2D eigenvalue weighted by Crippen LogP contribution is 2.29. The molecule has 4 heteroatoms. The van der Waals surface area contributed by atoms with Gasteiger partial charge in [-0.15, -0.1) is 0 Å². The molecule has 2 aromatic rings. The number of carbonyl (C=O) groups excluding carboxylic acids is 1. The SMILES string of the molecule is CCc1cc2c(OC)cccc2n1C(=O)OC(C)(C)C. The van der Waals surface area contributed by atoms with Crippen LogP contribution in [0.15, 0.2) is 24.3 Å². The zero-order valence-electron chi connectivity index (χ0n) is 12.7. The van der Waals surface area contributed by atoms with Gasteiger partial charge in [-0.3, -0.25) is 0 Å². The van der Waals surface area contributed by atoms with Gasteiger partial charge in [-0.05, 0) is 45.4 Å². The topological polar surface area (TPSA) is 40.5 Å². The molecule has 0 saturated carbocycles. The van der Waals surface area contributed by atoms with Crippen molar-refractivity contribution in [1.82, 2.24) is 4.57 Å². The van der Waals surface area contributed by atoms with Crippen LogP contribution in [0.5, 0.6) is 5.75 Å². The Labute approximate surface area is 119 Å². The quantitative estimate of drug-likeness (QED) is 0.832. The average Bonchev–Trinajstić information content (AvgIpc) is 2.74. The fourth-order valence-electron chi connectivity index (χ4n) is 2.22. The number of methoxy groups -OCH3 is 1. The predicted octanol–water partition coefficient (Wildman–Crippen LogP) is 4.00. The van der Waals surface area contributed by atoms with Crippen molar-refractivity contribution < 1.29 is 14.3 Å². The third-order valence-corrected chi connectivity index (χ3v) is 3.04. The number of hydrogen-bond acceptors (Lipinski definition) is 3. The lowest BCUT2D eigenvalue weighted by Gasteiger charge is -2.20. The molecule has 0 amide bonds. The largest absolute Gasteiger partial charge is 0.496 e. The van der Waals surface area contributed by atoms with Crippen LogP contribution in [-0.4, -0.2) is 23.4 Å². The third kappa shape index (κ3) is 2.64. The van der Waals surface area contributed by atoms with Crippen LogP contribution in [0.2, 0.25) is 0 Å². The summed E-state index contributed by atoms with van der Waals surface area (Å²) in [6.07, 6.45) is 0.398. The van der Waals surface area contributed by atoms with Crippen LogP contribution in [-0.2, 0) is 11.2 Å². The second kappa shape index (κ2) is 5.19. The maximum atomic E-state index is 12.4. The van der Waals surface area contributed by atoms with Crippen LogP contribution in [0.1, 0.15) is 33.4 Å². The molecule has 4 nitrogen and oxygen atoms in total. The monoisotopic (exact) mass is 275 g/mol. The van der Waals surface area contributed by atoms with Gasteiger partial charge in [0.15, 0.2) is 0 Å². The highest BCUT2D eigenvalue weighted by molar-refractivity contribution is 5.94. The molecule has 0 aliphatic rings. The molecule has 0 aliphatic heterocycles. The van der Waals surface area contributed by atoms with E-state index in [1.54, 1.807) is 11.7 Å². The highest BCUT2D eigenvalue weighted by atomic mass is 16.6. The number of nitrogens with zero attached hydrogens (tertiary/aromatic N) is 1. The van der Waals surface area contributed by atoms with Gasteiger partial charge >= 0.3 is 6.09 Å². The Morgan fingerprint density at radius 1 is 1.30 bits per heavy atom. The molecule has 0 saturated heterocycles. The summed E-state index contributed by atoms with van der Waals surface area (Å²) < 4.78 is 12.5. The van der Waals surface area contributed by atoms with Crippen LogP contribution in [0.4, 0.5) is 4.79 Å². The Kier molecular flexibility index (Phi) is 3.75. The van der Waals surface area contributed by atoms with E-state index in [1.165, 1.54) is 0 Å². The summed E-state index contributed by atoms with van der Waals surface area (Å²) in [5, 5.41) is 0.928. The first kappa shape index (κ1) is 14.4. The Balaban J connectivity index is 2.59. The number of hydrogen-bond donors (Lipinski definition) is 0. The zero-order chi connectivity index (χ0) is 14.9. The summed E-state index contributed by atoms with van der Waals surface area (Å²) in [6.45, 7) is 7.61. The van der Waals surface area contributed by atoms with Gasteiger partial charge in [0.1, 0.15) is 11.4 Å². The maximum absolute atomic E-state index is 12.4. The molecule has 2 rings (SSSR count). The van der Waals surface area contributed by atoms with Crippen LogP contribution >= 0.6 is 0 Å². The Bertz CT molecular complexity index is 635. The van der Waals surface area contributed by atoms with Crippen molar-refractivity contribution in [3.63, 3.8) is 0 Å². The van der Waals surface area contributed by atoms with Crippen molar-refractivity contribution in [2.75, 3.05) is 7.11 Å². The molecule has 108 valence electrons. The van der Waals surface area contributed by atoms with Gasteiger partial charge in [-0.2, -0.15) is 0 Å². The van der Waals surface area contributed by atoms with E-state index in [0.717, 1.165) is 28.8 Å². The van der Waals surface area contributed by atoms with Gasteiger partial charge in [0, 0.05) is 11.1 Å². The van der Waals surface area contributed by atoms with E-state index in [9.17, 15) is 4.79 Å². The first-order chi connectivity index (χ1) is 9.37. The van der Waals surface area contributed by atoms with Gasteiger partial charge in [0.25, 0.3) is 0 Å².